The standard InChI is InChI=1S/C12H18N2O5S/c1-9(2)12(15)7-13-20(18,19)8-10-5-3-4-6-11(10)14(16)17/h3-6,9,12-13,15H,7-8H2,1-2H3. The maximum Gasteiger partial charge on any atom is 0.273 e. The molecule has 1 aromatic carbocycles. The molecule has 0 radical (unpaired) electrons. The second-order valence-corrected chi connectivity index (χ2v) is 6.61. The van der Waals surface area contributed by atoms with Crippen molar-refractivity contribution in [3.63, 3.8) is 0 Å². The number of para-hydroxylation sites is 1. The molecule has 1 unspecified atom stereocenters. The van der Waals surface area contributed by atoms with Crippen molar-refractivity contribution >= 4 is 15.7 Å². The zero-order chi connectivity index (χ0) is 15.3. The molecule has 0 heterocycles. The van der Waals surface area contributed by atoms with Gasteiger partial charge in [-0.15, -0.1) is 0 Å². The number of aliphatic hydroxyl groups is 1. The summed E-state index contributed by atoms with van der Waals surface area (Å²) in [5.74, 6) is -0.571. The number of aliphatic hydroxyl groups excluding tert-OH is 1. The first-order valence-corrected chi connectivity index (χ1v) is 7.76. The second-order valence-electron chi connectivity index (χ2n) is 4.80. The van der Waals surface area contributed by atoms with E-state index in [1.165, 1.54) is 18.2 Å². The molecule has 1 aromatic rings. The zero-order valence-electron chi connectivity index (χ0n) is 11.3. The van der Waals surface area contributed by atoms with Crippen molar-refractivity contribution < 1.29 is 18.4 Å². The van der Waals surface area contributed by atoms with Crippen LogP contribution in [0.2, 0.25) is 0 Å². The topological polar surface area (TPSA) is 110 Å². The SMILES string of the molecule is CC(C)C(O)CNS(=O)(=O)Cc1ccccc1[N+](=O)[O-]. The van der Waals surface area contributed by atoms with Gasteiger partial charge in [-0.3, -0.25) is 10.1 Å². The Morgan fingerprint density at radius 2 is 1.95 bits per heavy atom. The average molecular weight is 302 g/mol. The molecule has 7 nitrogen and oxygen atoms in total. The van der Waals surface area contributed by atoms with Crippen LogP contribution >= 0.6 is 0 Å². The van der Waals surface area contributed by atoms with E-state index in [4.69, 9.17) is 0 Å². The van der Waals surface area contributed by atoms with Gasteiger partial charge < -0.3 is 5.11 Å². The molecule has 1 atom stereocenters. The third-order valence-electron chi connectivity index (χ3n) is 2.82. The van der Waals surface area contributed by atoms with E-state index < -0.39 is 26.8 Å². The van der Waals surface area contributed by atoms with Gasteiger partial charge in [-0.2, -0.15) is 0 Å². The molecule has 2 N–H and O–H groups in total. The molecular weight excluding hydrogens is 284 g/mol. The summed E-state index contributed by atoms with van der Waals surface area (Å²) < 4.78 is 26.0. The van der Waals surface area contributed by atoms with Crippen molar-refractivity contribution in [2.45, 2.75) is 25.7 Å². The molecule has 0 aliphatic heterocycles. The van der Waals surface area contributed by atoms with E-state index in [0.717, 1.165) is 0 Å². The summed E-state index contributed by atoms with van der Waals surface area (Å²) in [6.45, 7) is 3.42. The summed E-state index contributed by atoms with van der Waals surface area (Å²) in [5.41, 5.74) is -0.119. The first kappa shape index (κ1) is 16.5. The first-order chi connectivity index (χ1) is 9.23. The largest absolute Gasteiger partial charge is 0.391 e. The van der Waals surface area contributed by atoms with Crippen LogP contribution in [0.1, 0.15) is 19.4 Å². The van der Waals surface area contributed by atoms with Crippen LogP contribution in [-0.4, -0.2) is 31.1 Å². The number of benzene rings is 1. The quantitative estimate of drug-likeness (QED) is 0.577. The minimum atomic E-state index is -3.73. The predicted molar refractivity (Wildman–Crippen MR) is 74.6 cm³/mol. The van der Waals surface area contributed by atoms with E-state index in [1.54, 1.807) is 19.9 Å². The number of sulfonamides is 1. The monoisotopic (exact) mass is 302 g/mol. The molecule has 0 aliphatic rings. The number of nitro groups is 1. The smallest absolute Gasteiger partial charge is 0.273 e. The van der Waals surface area contributed by atoms with Gasteiger partial charge in [0.1, 0.15) is 0 Å². The summed E-state index contributed by atoms with van der Waals surface area (Å²) in [6, 6.07) is 5.68. The number of nitro benzene ring substituents is 1. The normalized spacial score (nSPS) is 13.4. The highest BCUT2D eigenvalue weighted by atomic mass is 32.2. The Morgan fingerprint density at radius 3 is 2.50 bits per heavy atom. The van der Waals surface area contributed by atoms with Crippen LogP contribution in [0, 0.1) is 16.0 Å². The van der Waals surface area contributed by atoms with E-state index in [2.05, 4.69) is 4.72 Å². The summed E-state index contributed by atoms with van der Waals surface area (Å²) in [4.78, 5) is 10.2. The van der Waals surface area contributed by atoms with Gasteiger partial charge in [-0.05, 0) is 5.92 Å². The second kappa shape index (κ2) is 6.78. The maximum absolute atomic E-state index is 11.9. The highest BCUT2D eigenvalue weighted by molar-refractivity contribution is 7.88. The lowest BCUT2D eigenvalue weighted by Crippen LogP contribution is -2.35. The molecule has 8 heteroatoms. The molecule has 20 heavy (non-hydrogen) atoms. The van der Waals surface area contributed by atoms with Crippen LogP contribution in [0.25, 0.3) is 0 Å². The van der Waals surface area contributed by atoms with Crippen molar-refractivity contribution in [1.82, 2.24) is 4.72 Å². The molecule has 112 valence electrons. The van der Waals surface area contributed by atoms with Gasteiger partial charge in [0, 0.05) is 18.2 Å². The minimum absolute atomic E-state index is 0.0799. The third-order valence-corrected chi connectivity index (χ3v) is 4.11. The molecule has 0 bridgehead atoms. The van der Waals surface area contributed by atoms with E-state index in [0.29, 0.717) is 0 Å². The number of nitrogens with one attached hydrogen (secondary N) is 1. The Bertz CT molecular complexity index is 571. The molecule has 0 amide bonds. The lowest BCUT2D eigenvalue weighted by molar-refractivity contribution is -0.385. The van der Waals surface area contributed by atoms with E-state index in [9.17, 15) is 23.6 Å². The van der Waals surface area contributed by atoms with Gasteiger partial charge in [0.05, 0.1) is 16.8 Å². The Kier molecular flexibility index (Phi) is 5.61. The number of hydrogen-bond acceptors (Lipinski definition) is 5. The summed E-state index contributed by atoms with van der Waals surface area (Å²) in [7, 11) is -3.73. The van der Waals surface area contributed by atoms with E-state index >= 15 is 0 Å². The Balaban J connectivity index is 2.79. The van der Waals surface area contributed by atoms with Gasteiger partial charge in [0.2, 0.25) is 10.0 Å². The highest BCUT2D eigenvalue weighted by Gasteiger charge is 2.20. The van der Waals surface area contributed by atoms with Gasteiger partial charge in [-0.25, -0.2) is 13.1 Å². The van der Waals surface area contributed by atoms with Crippen molar-refractivity contribution in [1.29, 1.82) is 0 Å². The van der Waals surface area contributed by atoms with Gasteiger partial charge >= 0.3 is 0 Å². The molecule has 0 saturated carbocycles. The third kappa shape index (κ3) is 4.87. The Hall–Kier alpha value is -1.51. The molecule has 0 spiro atoms. The van der Waals surface area contributed by atoms with Crippen LogP contribution in [0.5, 0.6) is 0 Å². The van der Waals surface area contributed by atoms with E-state index in [-0.39, 0.29) is 23.7 Å². The Morgan fingerprint density at radius 1 is 1.35 bits per heavy atom. The lowest BCUT2D eigenvalue weighted by atomic mass is 10.1. The fraction of sp³-hybridized carbons (Fsp3) is 0.500. The highest BCUT2D eigenvalue weighted by Crippen LogP contribution is 2.19. The van der Waals surface area contributed by atoms with Crippen molar-refractivity contribution in [2.75, 3.05) is 6.54 Å². The van der Waals surface area contributed by atoms with Crippen molar-refractivity contribution in [3.8, 4) is 0 Å². The summed E-state index contributed by atoms with van der Waals surface area (Å²) in [5, 5.41) is 20.4. The van der Waals surface area contributed by atoms with Crippen LogP contribution in [-0.2, 0) is 15.8 Å². The zero-order valence-corrected chi connectivity index (χ0v) is 12.1. The summed E-state index contributed by atoms with van der Waals surface area (Å²) >= 11 is 0. The average Bonchev–Trinajstić information content (AvgIpc) is 2.35. The van der Waals surface area contributed by atoms with Gasteiger partial charge in [-0.1, -0.05) is 32.0 Å². The minimum Gasteiger partial charge on any atom is -0.391 e. The van der Waals surface area contributed by atoms with Crippen molar-refractivity contribution in [2.24, 2.45) is 5.92 Å². The molecule has 0 saturated heterocycles. The number of hydrogen-bond donors (Lipinski definition) is 2. The predicted octanol–water partition coefficient (Wildman–Crippen LogP) is 1.03. The number of rotatable bonds is 7. The first-order valence-electron chi connectivity index (χ1n) is 6.10. The van der Waals surface area contributed by atoms with E-state index in [1.807, 2.05) is 0 Å². The molecule has 0 aromatic heterocycles. The van der Waals surface area contributed by atoms with Crippen LogP contribution in [0.15, 0.2) is 24.3 Å². The fourth-order valence-electron chi connectivity index (χ4n) is 1.51. The van der Waals surface area contributed by atoms with Crippen molar-refractivity contribution in [3.05, 3.63) is 39.9 Å². The number of nitrogens with zero attached hydrogens (tertiary/aromatic N) is 1. The fourth-order valence-corrected chi connectivity index (χ4v) is 2.70. The molecule has 0 fully saturated rings. The molecule has 0 aliphatic carbocycles. The Labute approximate surface area is 117 Å². The lowest BCUT2D eigenvalue weighted by Gasteiger charge is -2.15. The van der Waals surface area contributed by atoms with Gasteiger partial charge in [0.25, 0.3) is 5.69 Å². The van der Waals surface area contributed by atoms with Gasteiger partial charge in [0.15, 0.2) is 0 Å². The van der Waals surface area contributed by atoms with Crippen LogP contribution in [0.4, 0.5) is 5.69 Å². The summed E-state index contributed by atoms with van der Waals surface area (Å²) in [6.07, 6.45) is -0.796. The maximum atomic E-state index is 11.9. The molecular formula is C12H18N2O5S. The molecule has 1 rings (SSSR count). The van der Waals surface area contributed by atoms with Crippen LogP contribution in [0.3, 0.4) is 0 Å². The van der Waals surface area contributed by atoms with Crippen LogP contribution < -0.4 is 4.72 Å².